The van der Waals surface area contributed by atoms with Crippen molar-refractivity contribution in [3.63, 3.8) is 0 Å². The van der Waals surface area contributed by atoms with Gasteiger partial charge in [0, 0.05) is 19.1 Å². The van der Waals surface area contributed by atoms with Gasteiger partial charge in [-0.05, 0) is 45.6 Å². The smallest absolute Gasteiger partial charge is 0.227 e. The van der Waals surface area contributed by atoms with Crippen molar-refractivity contribution < 1.29 is 9.26 Å². The normalized spacial score (nSPS) is 24.1. The van der Waals surface area contributed by atoms with Crippen LogP contribution < -0.4 is 5.32 Å². The number of ether oxygens (including phenoxy) is 1. The fraction of sp³-hybridized carbons (Fsp3) is 0.875. The van der Waals surface area contributed by atoms with Gasteiger partial charge in [-0.15, -0.1) is 0 Å². The molecule has 0 saturated heterocycles. The fourth-order valence-electron chi connectivity index (χ4n) is 3.12. The highest BCUT2D eigenvalue weighted by Gasteiger charge is 2.27. The van der Waals surface area contributed by atoms with Crippen molar-refractivity contribution >= 4 is 0 Å². The van der Waals surface area contributed by atoms with Gasteiger partial charge in [-0.3, -0.25) is 0 Å². The third-order valence-electron chi connectivity index (χ3n) is 4.27. The van der Waals surface area contributed by atoms with Crippen molar-refractivity contribution in [3.05, 3.63) is 11.7 Å². The quantitative estimate of drug-likeness (QED) is 0.797. The maximum atomic E-state index is 5.51. The highest BCUT2D eigenvalue weighted by molar-refractivity contribution is 4.94. The molecule has 0 bridgehead atoms. The van der Waals surface area contributed by atoms with Crippen molar-refractivity contribution in [1.29, 1.82) is 0 Å². The van der Waals surface area contributed by atoms with Crippen LogP contribution in [0.25, 0.3) is 0 Å². The second-order valence-electron chi connectivity index (χ2n) is 5.95. The van der Waals surface area contributed by atoms with Crippen LogP contribution in [0.1, 0.15) is 70.7 Å². The van der Waals surface area contributed by atoms with Crippen LogP contribution in [0.2, 0.25) is 0 Å². The minimum atomic E-state index is -0.0899. The minimum absolute atomic E-state index is 0.0899. The fourth-order valence-corrected chi connectivity index (χ4v) is 3.12. The molecule has 1 fully saturated rings. The standard InChI is InChI=1S/C16H29N3O2/c1-4-10-17-14-9-7-6-8-13(14)11-15-18-16(19-21-15)12(3)20-5-2/h12-14,17H,4-11H2,1-3H3. The van der Waals surface area contributed by atoms with Gasteiger partial charge in [-0.1, -0.05) is 24.9 Å². The minimum Gasteiger partial charge on any atom is -0.371 e. The number of hydrogen-bond donors (Lipinski definition) is 1. The van der Waals surface area contributed by atoms with Gasteiger partial charge in [0.2, 0.25) is 5.89 Å². The van der Waals surface area contributed by atoms with E-state index in [-0.39, 0.29) is 6.10 Å². The molecule has 1 heterocycles. The number of rotatable bonds is 8. The zero-order valence-electron chi connectivity index (χ0n) is 13.6. The Kier molecular flexibility index (Phi) is 6.64. The van der Waals surface area contributed by atoms with E-state index in [4.69, 9.17) is 9.26 Å². The molecular formula is C16H29N3O2. The first kappa shape index (κ1) is 16.4. The first-order chi connectivity index (χ1) is 10.2. The number of nitrogens with one attached hydrogen (secondary N) is 1. The molecule has 3 unspecified atom stereocenters. The van der Waals surface area contributed by atoms with E-state index in [1.807, 2.05) is 13.8 Å². The van der Waals surface area contributed by atoms with E-state index in [0.29, 0.717) is 24.4 Å². The summed E-state index contributed by atoms with van der Waals surface area (Å²) in [6, 6.07) is 0.596. The molecule has 3 atom stereocenters. The molecule has 0 radical (unpaired) electrons. The number of aromatic nitrogens is 2. The Bertz CT molecular complexity index is 408. The van der Waals surface area contributed by atoms with Crippen molar-refractivity contribution in [2.75, 3.05) is 13.2 Å². The third-order valence-corrected chi connectivity index (χ3v) is 4.27. The van der Waals surface area contributed by atoms with Crippen molar-refractivity contribution in [1.82, 2.24) is 15.5 Å². The van der Waals surface area contributed by atoms with Crippen LogP contribution >= 0.6 is 0 Å². The molecule has 0 aliphatic heterocycles. The molecule has 1 aliphatic carbocycles. The summed E-state index contributed by atoms with van der Waals surface area (Å²) < 4.78 is 10.9. The molecule has 21 heavy (non-hydrogen) atoms. The molecule has 1 N–H and O–H groups in total. The molecule has 1 saturated carbocycles. The van der Waals surface area contributed by atoms with Crippen molar-refractivity contribution in [2.24, 2.45) is 5.92 Å². The molecular weight excluding hydrogens is 266 g/mol. The van der Waals surface area contributed by atoms with Gasteiger partial charge >= 0.3 is 0 Å². The van der Waals surface area contributed by atoms with Crippen molar-refractivity contribution in [2.45, 2.75) is 71.4 Å². The molecule has 1 aromatic heterocycles. The SMILES string of the molecule is CCCNC1CCCCC1Cc1nc(C(C)OCC)no1. The molecule has 5 heteroatoms. The predicted molar refractivity (Wildman–Crippen MR) is 82.1 cm³/mol. The van der Waals surface area contributed by atoms with Gasteiger partial charge in [-0.25, -0.2) is 0 Å². The predicted octanol–water partition coefficient (Wildman–Crippen LogP) is 3.27. The highest BCUT2D eigenvalue weighted by atomic mass is 16.5. The summed E-state index contributed by atoms with van der Waals surface area (Å²) in [5, 5.41) is 7.73. The van der Waals surface area contributed by atoms with Gasteiger partial charge in [-0.2, -0.15) is 4.98 Å². The molecule has 2 rings (SSSR count). The summed E-state index contributed by atoms with van der Waals surface area (Å²) >= 11 is 0. The zero-order chi connectivity index (χ0) is 15.1. The molecule has 1 aromatic rings. The summed E-state index contributed by atoms with van der Waals surface area (Å²) in [5.41, 5.74) is 0. The van der Waals surface area contributed by atoms with Crippen LogP contribution in [0.4, 0.5) is 0 Å². The first-order valence-electron chi connectivity index (χ1n) is 8.42. The summed E-state index contributed by atoms with van der Waals surface area (Å²) in [6.07, 6.45) is 7.13. The van der Waals surface area contributed by atoms with E-state index < -0.39 is 0 Å². The molecule has 1 aliphatic rings. The Balaban J connectivity index is 1.92. The largest absolute Gasteiger partial charge is 0.371 e. The van der Waals surface area contributed by atoms with Crippen LogP contribution in [-0.4, -0.2) is 29.3 Å². The van der Waals surface area contributed by atoms with E-state index in [9.17, 15) is 0 Å². The summed E-state index contributed by atoms with van der Waals surface area (Å²) in [6.45, 7) is 7.91. The van der Waals surface area contributed by atoms with E-state index in [0.717, 1.165) is 18.9 Å². The van der Waals surface area contributed by atoms with Crippen LogP contribution in [0, 0.1) is 5.92 Å². The van der Waals surface area contributed by atoms with Crippen molar-refractivity contribution in [3.8, 4) is 0 Å². The van der Waals surface area contributed by atoms with E-state index in [1.54, 1.807) is 0 Å². The van der Waals surface area contributed by atoms with E-state index in [2.05, 4.69) is 22.4 Å². The van der Waals surface area contributed by atoms with E-state index in [1.165, 1.54) is 32.1 Å². The molecule has 0 spiro atoms. The monoisotopic (exact) mass is 295 g/mol. The van der Waals surface area contributed by atoms with Gasteiger partial charge < -0.3 is 14.6 Å². The van der Waals surface area contributed by atoms with Crippen LogP contribution in [0.5, 0.6) is 0 Å². The van der Waals surface area contributed by atoms with Gasteiger partial charge in [0.05, 0.1) is 0 Å². The number of hydrogen-bond acceptors (Lipinski definition) is 5. The molecule has 120 valence electrons. The first-order valence-corrected chi connectivity index (χ1v) is 8.42. The Morgan fingerprint density at radius 1 is 1.33 bits per heavy atom. The van der Waals surface area contributed by atoms with Crippen LogP contribution in [0.15, 0.2) is 4.52 Å². The van der Waals surface area contributed by atoms with Crippen LogP contribution in [0.3, 0.4) is 0 Å². The Hall–Kier alpha value is -0.940. The van der Waals surface area contributed by atoms with Gasteiger partial charge in [0.15, 0.2) is 5.82 Å². The maximum Gasteiger partial charge on any atom is 0.227 e. The lowest BCUT2D eigenvalue weighted by Gasteiger charge is -2.31. The lowest BCUT2D eigenvalue weighted by Crippen LogP contribution is -2.39. The lowest BCUT2D eigenvalue weighted by atomic mass is 9.82. The molecule has 5 nitrogen and oxygen atoms in total. The maximum absolute atomic E-state index is 5.51. The highest BCUT2D eigenvalue weighted by Crippen LogP contribution is 2.27. The van der Waals surface area contributed by atoms with E-state index >= 15 is 0 Å². The summed E-state index contributed by atoms with van der Waals surface area (Å²) in [7, 11) is 0. The lowest BCUT2D eigenvalue weighted by molar-refractivity contribution is 0.0683. The average molecular weight is 295 g/mol. The topological polar surface area (TPSA) is 60.2 Å². The Morgan fingerprint density at radius 3 is 2.90 bits per heavy atom. The third kappa shape index (κ3) is 4.78. The zero-order valence-corrected chi connectivity index (χ0v) is 13.6. The summed E-state index contributed by atoms with van der Waals surface area (Å²) in [4.78, 5) is 4.51. The number of nitrogens with zero attached hydrogens (tertiary/aromatic N) is 2. The molecule has 0 aromatic carbocycles. The van der Waals surface area contributed by atoms with Gasteiger partial charge in [0.1, 0.15) is 6.10 Å². The Labute approximate surface area is 127 Å². The second-order valence-corrected chi connectivity index (χ2v) is 5.95. The Morgan fingerprint density at radius 2 is 2.14 bits per heavy atom. The van der Waals surface area contributed by atoms with Gasteiger partial charge in [0.25, 0.3) is 0 Å². The van der Waals surface area contributed by atoms with Crippen LogP contribution in [-0.2, 0) is 11.2 Å². The summed E-state index contributed by atoms with van der Waals surface area (Å²) in [5.74, 6) is 2.04. The second kappa shape index (κ2) is 8.49. The average Bonchev–Trinajstić information content (AvgIpc) is 2.95. The molecule has 0 amide bonds.